The minimum absolute atomic E-state index is 0.285. The fourth-order valence-electron chi connectivity index (χ4n) is 3.65. The Balaban J connectivity index is 0.000000687. The van der Waals surface area contributed by atoms with E-state index < -0.39 is 0 Å². The van der Waals surface area contributed by atoms with Crippen molar-refractivity contribution >= 4 is 34.2 Å². The zero-order valence-electron chi connectivity index (χ0n) is 17.7. The van der Waals surface area contributed by atoms with Crippen LogP contribution in [-0.2, 0) is 6.54 Å². The molecule has 2 heterocycles. The van der Waals surface area contributed by atoms with E-state index >= 15 is 0 Å². The van der Waals surface area contributed by atoms with Gasteiger partial charge in [-0.3, -0.25) is 4.99 Å². The highest BCUT2D eigenvalue weighted by molar-refractivity contribution is 7.16. The highest BCUT2D eigenvalue weighted by Gasteiger charge is 2.29. The third kappa shape index (κ3) is 5.47. The molecule has 1 unspecified atom stereocenters. The molecule has 0 radical (unpaired) electrons. The largest absolute Gasteiger partial charge is 0.402 e. The smallest absolute Gasteiger partial charge is 0.0934 e. The average molecular weight is 428 g/mol. The first-order valence-electron chi connectivity index (χ1n) is 9.53. The van der Waals surface area contributed by atoms with Crippen LogP contribution in [-0.4, -0.2) is 31.3 Å². The molecule has 0 fully saturated rings. The number of aliphatic imine (C=N–C) groups is 1. The van der Waals surface area contributed by atoms with E-state index in [1.165, 1.54) is 21.6 Å². The molecular weight excluding hydrogens is 398 g/mol. The summed E-state index contributed by atoms with van der Waals surface area (Å²) in [5.41, 5.74) is 12.8. The van der Waals surface area contributed by atoms with E-state index in [-0.39, 0.29) is 5.92 Å². The molecular formula is C24H30ClN3S. The first kappa shape index (κ1) is 23.1. The minimum Gasteiger partial charge on any atom is -0.402 e. The number of halogens is 1. The van der Waals surface area contributed by atoms with Crippen molar-refractivity contribution in [3.8, 4) is 0 Å². The van der Waals surface area contributed by atoms with Gasteiger partial charge in [0.15, 0.2) is 0 Å². The van der Waals surface area contributed by atoms with Crippen molar-refractivity contribution in [1.29, 1.82) is 0 Å². The van der Waals surface area contributed by atoms with Crippen LogP contribution >= 0.6 is 22.9 Å². The van der Waals surface area contributed by atoms with Gasteiger partial charge in [-0.15, -0.1) is 11.3 Å². The fraction of sp³-hybridized carbons (Fsp3) is 0.292. The molecule has 1 aromatic heterocycles. The standard InChI is InChI=1S/C20H24ClN3S.C4H6/c1-12(22)20(13(2)23-3)15-8-6-5-7-14(15)17-10-24(4)11-18-16(17)9-19(21)25-18;1-3-4-2/h5-9,17H,10-11,22H2,1-4H3;3-4H,1-2H2/b20-12+,23-13?;. The third-order valence-corrected chi connectivity index (χ3v) is 6.22. The maximum atomic E-state index is 6.33. The van der Waals surface area contributed by atoms with Crippen molar-refractivity contribution in [2.24, 2.45) is 10.7 Å². The number of rotatable bonds is 4. The summed E-state index contributed by atoms with van der Waals surface area (Å²) >= 11 is 8.02. The van der Waals surface area contributed by atoms with E-state index in [2.05, 4.69) is 60.4 Å². The molecule has 3 nitrogen and oxygen atoms in total. The molecule has 0 amide bonds. The molecule has 0 bridgehead atoms. The highest BCUT2D eigenvalue weighted by Crippen LogP contribution is 2.41. The van der Waals surface area contributed by atoms with E-state index in [4.69, 9.17) is 17.3 Å². The molecule has 1 atom stereocenters. The maximum absolute atomic E-state index is 6.33. The van der Waals surface area contributed by atoms with Gasteiger partial charge >= 0.3 is 0 Å². The van der Waals surface area contributed by atoms with Crippen molar-refractivity contribution in [3.05, 3.63) is 87.2 Å². The van der Waals surface area contributed by atoms with Gasteiger partial charge in [-0.25, -0.2) is 0 Å². The second-order valence-electron chi connectivity index (χ2n) is 7.10. The Kier molecular flexibility index (Phi) is 8.45. The Hall–Kier alpha value is -2.14. The Morgan fingerprint density at radius 1 is 1.24 bits per heavy atom. The normalized spacial score (nSPS) is 17.6. The van der Waals surface area contributed by atoms with Crippen LogP contribution in [0.5, 0.6) is 0 Å². The van der Waals surface area contributed by atoms with Crippen LogP contribution in [0.3, 0.4) is 0 Å². The molecule has 3 rings (SSSR count). The SMILES string of the molecule is C=CC=C.CN=C(C)/C(=C(/C)N)c1ccccc1C1CN(C)Cc2sc(Cl)cc21. The van der Waals surface area contributed by atoms with Crippen LogP contribution in [0.2, 0.25) is 4.34 Å². The zero-order chi connectivity index (χ0) is 21.6. The number of hydrogen-bond acceptors (Lipinski definition) is 4. The lowest BCUT2D eigenvalue weighted by atomic mass is 9.83. The molecule has 5 heteroatoms. The topological polar surface area (TPSA) is 41.6 Å². The average Bonchev–Trinajstić information content (AvgIpc) is 3.07. The summed E-state index contributed by atoms with van der Waals surface area (Å²) < 4.78 is 0.861. The van der Waals surface area contributed by atoms with Gasteiger partial charge in [0.05, 0.1) is 4.34 Å². The summed E-state index contributed by atoms with van der Waals surface area (Å²) in [6, 6.07) is 10.7. The lowest BCUT2D eigenvalue weighted by Gasteiger charge is -2.32. The molecule has 29 heavy (non-hydrogen) atoms. The molecule has 0 saturated carbocycles. The quantitative estimate of drug-likeness (QED) is 0.471. The van der Waals surface area contributed by atoms with E-state index in [0.29, 0.717) is 0 Å². The van der Waals surface area contributed by atoms with Crippen molar-refractivity contribution < 1.29 is 0 Å². The van der Waals surface area contributed by atoms with E-state index in [1.807, 2.05) is 20.9 Å². The number of likely N-dealkylation sites (N-methyl/N-ethyl adjacent to an activating group) is 1. The van der Waals surface area contributed by atoms with Crippen LogP contribution in [0, 0.1) is 0 Å². The van der Waals surface area contributed by atoms with Crippen LogP contribution in [0.4, 0.5) is 0 Å². The van der Waals surface area contributed by atoms with Crippen LogP contribution in [0.1, 0.15) is 41.3 Å². The fourth-order valence-corrected chi connectivity index (χ4v) is 5.07. The Labute approximate surface area is 183 Å². The van der Waals surface area contributed by atoms with Gasteiger partial charge in [-0.05, 0) is 43.7 Å². The molecule has 0 spiro atoms. The van der Waals surface area contributed by atoms with Gasteiger partial charge in [0, 0.05) is 47.9 Å². The number of fused-ring (bicyclic) bond motifs is 1. The lowest BCUT2D eigenvalue weighted by Crippen LogP contribution is -2.30. The molecule has 154 valence electrons. The summed E-state index contributed by atoms with van der Waals surface area (Å²) in [6.45, 7) is 12.6. The predicted octanol–water partition coefficient (Wildman–Crippen LogP) is 6.12. The summed E-state index contributed by atoms with van der Waals surface area (Å²) in [7, 11) is 3.97. The van der Waals surface area contributed by atoms with Crippen molar-refractivity contribution in [2.75, 3.05) is 20.6 Å². The van der Waals surface area contributed by atoms with Crippen LogP contribution in [0.25, 0.3) is 5.57 Å². The van der Waals surface area contributed by atoms with Crippen molar-refractivity contribution in [3.63, 3.8) is 0 Å². The molecule has 2 N–H and O–H groups in total. The van der Waals surface area contributed by atoms with Gasteiger partial charge in [-0.2, -0.15) is 0 Å². The monoisotopic (exact) mass is 427 g/mol. The molecule has 0 aliphatic carbocycles. The first-order valence-corrected chi connectivity index (χ1v) is 10.7. The Bertz CT molecular complexity index is 929. The Morgan fingerprint density at radius 3 is 2.48 bits per heavy atom. The number of hydrogen-bond donors (Lipinski definition) is 1. The third-order valence-electron chi connectivity index (χ3n) is 4.96. The summed E-state index contributed by atoms with van der Waals surface area (Å²) in [5, 5.41) is 0. The number of benzene rings is 1. The first-order chi connectivity index (χ1) is 13.8. The van der Waals surface area contributed by atoms with Gasteiger partial charge in [-0.1, -0.05) is 61.2 Å². The number of nitrogens with zero attached hydrogens (tertiary/aromatic N) is 2. The molecule has 2 aromatic rings. The van der Waals surface area contributed by atoms with Crippen molar-refractivity contribution in [2.45, 2.75) is 26.3 Å². The molecule has 1 aliphatic rings. The van der Waals surface area contributed by atoms with Gasteiger partial charge in [0.25, 0.3) is 0 Å². The second-order valence-corrected chi connectivity index (χ2v) is 8.87. The van der Waals surface area contributed by atoms with Crippen LogP contribution in [0.15, 0.2) is 66.3 Å². The van der Waals surface area contributed by atoms with Crippen molar-refractivity contribution in [1.82, 2.24) is 4.90 Å². The van der Waals surface area contributed by atoms with Gasteiger partial charge in [0.1, 0.15) is 0 Å². The van der Waals surface area contributed by atoms with E-state index in [1.54, 1.807) is 23.5 Å². The van der Waals surface area contributed by atoms with Gasteiger partial charge in [0.2, 0.25) is 0 Å². The minimum atomic E-state index is 0.285. The summed E-state index contributed by atoms with van der Waals surface area (Å²) in [5.74, 6) is 0.285. The summed E-state index contributed by atoms with van der Waals surface area (Å²) in [6.07, 6.45) is 3.28. The molecule has 1 aliphatic heterocycles. The van der Waals surface area contributed by atoms with E-state index in [0.717, 1.165) is 34.4 Å². The Morgan fingerprint density at radius 2 is 1.90 bits per heavy atom. The highest BCUT2D eigenvalue weighted by atomic mass is 35.5. The lowest BCUT2D eigenvalue weighted by molar-refractivity contribution is 0.299. The number of allylic oxidation sites excluding steroid dienone is 4. The van der Waals surface area contributed by atoms with Gasteiger partial charge < -0.3 is 10.6 Å². The maximum Gasteiger partial charge on any atom is 0.0934 e. The predicted molar refractivity (Wildman–Crippen MR) is 130 cm³/mol. The van der Waals surface area contributed by atoms with E-state index in [9.17, 15) is 0 Å². The molecule has 0 saturated heterocycles. The zero-order valence-corrected chi connectivity index (χ0v) is 19.3. The van der Waals surface area contributed by atoms with Crippen LogP contribution < -0.4 is 5.73 Å². The number of nitrogens with two attached hydrogens (primary N) is 1. The summed E-state index contributed by atoms with van der Waals surface area (Å²) in [4.78, 5) is 8.10. The number of thiophene rings is 1. The molecule has 1 aromatic carbocycles. The second kappa shape index (κ2) is 10.6.